The second kappa shape index (κ2) is 11.8. The molecule has 0 bridgehead atoms. The normalized spacial score (nSPS) is 20.9. The van der Waals surface area contributed by atoms with E-state index in [2.05, 4.69) is 26.6 Å². The number of likely N-dealkylation sites (tertiary alicyclic amines) is 1. The summed E-state index contributed by atoms with van der Waals surface area (Å²) in [5, 5.41) is 0.601. The van der Waals surface area contributed by atoms with Crippen molar-refractivity contribution in [2.75, 3.05) is 32.9 Å². The SMILES string of the molecule is CCOC(=O)c1cc2c(nc(CN3CCC(c4cccc5c4OC[C@H](c4ccc(Cl)cn4)O5)CC3)n2C[C@@H]2CCO2)s1. The van der Waals surface area contributed by atoms with E-state index < -0.39 is 0 Å². The molecule has 7 rings (SSSR count). The maximum atomic E-state index is 12.3. The van der Waals surface area contributed by atoms with Gasteiger partial charge in [-0.3, -0.25) is 9.88 Å². The number of esters is 1. The molecule has 42 heavy (non-hydrogen) atoms. The highest BCUT2D eigenvalue weighted by Gasteiger charge is 2.31. The smallest absolute Gasteiger partial charge is 0.348 e. The number of nitrogens with zero attached hydrogens (tertiary/aromatic N) is 4. The van der Waals surface area contributed by atoms with E-state index in [9.17, 15) is 4.79 Å². The largest absolute Gasteiger partial charge is 0.485 e. The molecular formula is C31H33ClN4O5S. The van der Waals surface area contributed by atoms with Crippen LogP contribution in [0.1, 0.15) is 65.0 Å². The van der Waals surface area contributed by atoms with Gasteiger partial charge in [-0.15, -0.1) is 11.3 Å². The van der Waals surface area contributed by atoms with Crippen LogP contribution >= 0.6 is 22.9 Å². The molecule has 1 aromatic carbocycles. The van der Waals surface area contributed by atoms with E-state index in [4.69, 9.17) is 35.5 Å². The molecule has 2 atom stereocenters. The standard InChI is InChI=1S/C31H33ClN4O5S/c1-2-38-31(37)27-14-24-30(42-27)34-28(36(24)16-21-10-13-39-21)17-35-11-8-19(9-12-35)22-4-3-5-25-29(22)40-18-26(41-25)23-7-6-20(32)15-33-23/h3-7,14-15,19,21,26H,2,8-13,16-18H2,1H3/t21-,26+/m0/s1. The fourth-order valence-corrected chi connectivity index (χ4v) is 7.05. The molecule has 6 heterocycles. The van der Waals surface area contributed by atoms with Crippen molar-refractivity contribution >= 4 is 39.3 Å². The van der Waals surface area contributed by atoms with Crippen LogP contribution in [0.4, 0.5) is 0 Å². The summed E-state index contributed by atoms with van der Waals surface area (Å²) in [5.41, 5.74) is 3.01. The number of imidazole rings is 1. The van der Waals surface area contributed by atoms with Gasteiger partial charge in [0.15, 0.2) is 17.6 Å². The number of pyridine rings is 1. The molecule has 3 aromatic heterocycles. The number of aromatic nitrogens is 3. The van der Waals surface area contributed by atoms with Crippen molar-refractivity contribution in [2.45, 2.75) is 57.4 Å². The van der Waals surface area contributed by atoms with Gasteiger partial charge < -0.3 is 23.5 Å². The lowest BCUT2D eigenvalue weighted by atomic mass is 9.88. The molecule has 0 spiro atoms. The van der Waals surface area contributed by atoms with Gasteiger partial charge in [-0.2, -0.15) is 0 Å². The number of hydrogen-bond donors (Lipinski definition) is 0. The van der Waals surface area contributed by atoms with Gasteiger partial charge in [-0.1, -0.05) is 23.7 Å². The summed E-state index contributed by atoms with van der Waals surface area (Å²) in [4.78, 5) is 25.7. The molecule has 0 saturated carbocycles. The van der Waals surface area contributed by atoms with Gasteiger partial charge in [-0.25, -0.2) is 9.78 Å². The van der Waals surface area contributed by atoms with Crippen LogP contribution in [0.2, 0.25) is 5.02 Å². The Bertz CT molecular complexity index is 1580. The molecule has 9 nitrogen and oxygen atoms in total. The van der Waals surface area contributed by atoms with Crippen LogP contribution in [0.15, 0.2) is 42.6 Å². The minimum absolute atomic E-state index is 0.194. The zero-order valence-corrected chi connectivity index (χ0v) is 25.0. The van der Waals surface area contributed by atoms with Crippen molar-refractivity contribution < 1.29 is 23.7 Å². The summed E-state index contributed by atoms with van der Waals surface area (Å²) in [6.07, 6.45) is 4.66. The number of fused-ring (bicyclic) bond motifs is 2. The van der Waals surface area contributed by atoms with Crippen LogP contribution < -0.4 is 9.47 Å². The molecular weight excluding hydrogens is 576 g/mol. The third kappa shape index (κ3) is 5.48. The van der Waals surface area contributed by atoms with Crippen molar-refractivity contribution in [1.29, 1.82) is 0 Å². The Labute approximate surface area is 253 Å². The van der Waals surface area contributed by atoms with Gasteiger partial charge in [0.2, 0.25) is 0 Å². The number of carbonyl (C=O) groups is 1. The zero-order chi connectivity index (χ0) is 28.6. The lowest BCUT2D eigenvalue weighted by Gasteiger charge is -2.34. The van der Waals surface area contributed by atoms with E-state index in [0.29, 0.717) is 29.0 Å². The number of halogens is 1. The molecule has 0 amide bonds. The lowest BCUT2D eigenvalue weighted by Crippen LogP contribution is -2.35. The second-order valence-corrected chi connectivity index (χ2v) is 12.5. The summed E-state index contributed by atoms with van der Waals surface area (Å²) in [6.45, 7) is 6.83. The zero-order valence-electron chi connectivity index (χ0n) is 23.5. The highest BCUT2D eigenvalue weighted by molar-refractivity contribution is 7.20. The third-order valence-corrected chi connectivity index (χ3v) is 9.53. The summed E-state index contributed by atoms with van der Waals surface area (Å²) in [5.74, 6) is 2.76. The number of thiophene rings is 1. The number of rotatable bonds is 8. The van der Waals surface area contributed by atoms with E-state index in [0.717, 1.165) is 85.4 Å². The maximum absolute atomic E-state index is 12.3. The summed E-state index contributed by atoms with van der Waals surface area (Å²) in [6, 6.07) is 11.8. The Morgan fingerprint density at radius 2 is 2.05 bits per heavy atom. The second-order valence-electron chi connectivity index (χ2n) is 11.0. The first-order valence-corrected chi connectivity index (χ1v) is 15.8. The molecule has 0 N–H and O–H groups in total. The van der Waals surface area contributed by atoms with Crippen molar-refractivity contribution in [2.24, 2.45) is 0 Å². The first kappa shape index (κ1) is 27.6. The number of hydrogen-bond acceptors (Lipinski definition) is 9. The predicted molar refractivity (Wildman–Crippen MR) is 160 cm³/mol. The van der Waals surface area contributed by atoms with Crippen LogP contribution in [0, 0.1) is 0 Å². The minimum Gasteiger partial charge on any atom is -0.485 e. The van der Waals surface area contributed by atoms with E-state index in [1.54, 1.807) is 6.20 Å². The molecule has 11 heteroatoms. The Hall–Kier alpha value is -3.18. The average molecular weight is 609 g/mol. The fourth-order valence-electron chi connectivity index (χ4n) is 5.99. The average Bonchev–Trinajstić information content (AvgIpc) is 3.53. The number of piperidine rings is 1. The van der Waals surface area contributed by atoms with Gasteiger partial charge >= 0.3 is 5.97 Å². The predicted octanol–water partition coefficient (Wildman–Crippen LogP) is 6.00. The molecule has 0 radical (unpaired) electrons. The Kier molecular flexibility index (Phi) is 7.79. The van der Waals surface area contributed by atoms with Gasteiger partial charge in [0.1, 0.15) is 22.1 Å². The monoisotopic (exact) mass is 608 g/mol. The molecule has 220 valence electrons. The molecule has 0 unspecified atom stereocenters. The van der Waals surface area contributed by atoms with Crippen LogP contribution in [0.25, 0.3) is 10.3 Å². The van der Waals surface area contributed by atoms with E-state index >= 15 is 0 Å². The van der Waals surface area contributed by atoms with Crippen molar-refractivity contribution in [3.63, 3.8) is 0 Å². The number of ether oxygens (including phenoxy) is 4. The van der Waals surface area contributed by atoms with Gasteiger partial charge in [0.05, 0.1) is 42.0 Å². The van der Waals surface area contributed by atoms with Crippen LogP contribution in [-0.4, -0.2) is 64.4 Å². The van der Waals surface area contributed by atoms with Gasteiger partial charge in [0.25, 0.3) is 0 Å². The first-order chi connectivity index (χ1) is 20.6. The maximum Gasteiger partial charge on any atom is 0.348 e. The van der Waals surface area contributed by atoms with Crippen LogP contribution in [-0.2, 0) is 22.6 Å². The van der Waals surface area contributed by atoms with Gasteiger partial charge in [-0.05, 0) is 69.5 Å². The van der Waals surface area contributed by atoms with Crippen molar-refractivity contribution in [3.05, 3.63) is 69.6 Å². The molecule has 2 fully saturated rings. The van der Waals surface area contributed by atoms with Crippen molar-refractivity contribution in [1.82, 2.24) is 19.4 Å². The van der Waals surface area contributed by atoms with Crippen LogP contribution in [0.3, 0.4) is 0 Å². The molecule has 0 aliphatic carbocycles. The Morgan fingerprint density at radius 1 is 1.19 bits per heavy atom. The highest BCUT2D eigenvalue weighted by Crippen LogP contribution is 2.44. The first-order valence-electron chi connectivity index (χ1n) is 14.6. The van der Waals surface area contributed by atoms with E-state index in [1.165, 1.54) is 16.9 Å². The molecule has 3 aliphatic heterocycles. The summed E-state index contributed by atoms with van der Waals surface area (Å²) >= 11 is 7.41. The fraction of sp³-hybridized carbons (Fsp3) is 0.452. The number of para-hydroxylation sites is 1. The third-order valence-electron chi connectivity index (χ3n) is 8.31. The minimum atomic E-state index is -0.287. The lowest BCUT2D eigenvalue weighted by molar-refractivity contribution is -0.0592. The van der Waals surface area contributed by atoms with Crippen molar-refractivity contribution in [3.8, 4) is 11.5 Å². The number of carbonyl (C=O) groups excluding carboxylic acids is 1. The van der Waals surface area contributed by atoms with E-state index in [-0.39, 0.29) is 18.2 Å². The quantitative estimate of drug-likeness (QED) is 0.225. The van der Waals surface area contributed by atoms with E-state index in [1.807, 2.05) is 31.2 Å². The topological polar surface area (TPSA) is 87.9 Å². The highest BCUT2D eigenvalue weighted by atomic mass is 35.5. The number of benzene rings is 1. The Balaban J connectivity index is 1.03. The Morgan fingerprint density at radius 3 is 2.79 bits per heavy atom. The van der Waals surface area contributed by atoms with Crippen LogP contribution in [0.5, 0.6) is 11.5 Å². The van der Waals surface area contributed by atoms with Gasteiger partial charge in [0, 0.05) is 18.4 Å². The molecule has 2 saturated heterocycles. The molecule has 4 aromatic rings. The summed E-state index contributed by atoms with van der Waals surface area (Å²) < 4.78 is 25.8. The summed E-state index contributed by atoms with van der Waals surface area (Å²) in [7, 11) is 0. The molecule has 3 aliphatic rings.